The van der Waals surface area contributed by atoms with E-state index in [-0.39, 0.29) is 0 Å². The predicted octanol–water partition coefficient (Wildman–Crippen LogP) is 3.10. The van der Waals surface area contributed by atoms with Crippen LogP contribution in [0, 0.1) is 5.41 Å². The molecule has 1 N–H and O–H groups in total. The zero-order chi connectivity index (χ0) is 12.5. The molecule has 0 aromatic carbocycles. The minimum atomic E-state index is -1.25. The minimum Gasteiger partial charge on any atom is -0.299 e. The maximum Gasteiger partial charge on any atom is 0.0904 e. The topological polar surface area (TPSA) is 36.7 Å². The Kier molecular flexibility index (Phi) is 3.26. The molecular formula is C13H16N2SSi. The van der Waals surface area contributed by atoms with E-state index in [0.29, 0.717) is 5.71 Å². The monoisotopic (exact) mass is 260 g/mol. The summed E-state index contributed by atoms with van der Waals surface area (Å²) >= 11 is 1.75. The number of hydrogen-bond donors (Lipinski definition) is 1. The first-order chi connectivity index (χ1) is 7.98. The molecule has 0 aliphatic carbocycles. The molecule has 0 spiro atoms. The molecule has 0 unspecified atom stereocenters. The number of nitrogens with one attached hydrogen (secondary N) is 1. The van der Waals surface area contributed by atoms with E-state index >= 15 is 0 Å². The Balaban J connectivity index is 2.30. The molecule has 0 saturated heterocycles. The van der Waals surface area contributed by atoms with Crippen LogP contribution < -0.4 is 4.50 Å². The molecular weight excluding hydrogens is 244 g/mol. The number of pyridine rings is 1. The molecule has 2 rings (SSSR count). The van der Waals surface area contributed by atoms with Crippen LogP contribution in [0.3, 0.4) is 0 Å². The first-order valence-electron chi connectivity index (χ1n) is 5.58. The molecule has 2 nitrogen and oxygen atoms in total. The molecule has 2 aromatic rings. The smallest absolute Gasteiger partial charge is 0.0904 e. The molecule has 0 fully saturated rings. The van der Waals surface area contributed by atoms with Gasteiger partial charge in [0.2, 0.25) is 0 Å². The van der Waals surface area contributed by atoms with Crippen LogP contribution in [0.25, 0.3) is 0 Å². The molecule has 0 aliphatic rings. The van der Waals surface area contributed by atoms with E-state index in [1.807, 2.05) is 12.1 Å². The van der Waals surface area contributed by atoms with E-state index < -0.39 is 8.07 Å². The van der Waals surface area contributed by atoms with Crippen molar-refractivity contribution in [3.63, 3.8) is 0 Å². The second-order valence-electron chi connectivity index (χ2n) is 5.03. The largest absolute Gasteiger partial charge is 0.299 e. The Bertz CT molecular complexity index is 526. The van der Waals surface area contributed by atoms with Gasteiger partial charge in [0.1, 0.15) is 0 Å². The van der Waals surface area contributed by atoms with Gasteiger partial charge >= 0.3 is 0 Å². The van der Waals surface area contributed by atoms with E-state index in [1.165, 1.54) is 4.50 Å². The molecule has 0 aliphatic heterocycles. The van der Waals surface area contributed by atoms with Crippen molar-refractivity contribution in [1.29, 1.82) is 5.41 Å². The van der Waals surface area contributed by atoms with Gasteiger partial charge in [0, 0.05) is 18.0 Å². The Morgan fingerprint density at radius 3 is 2.53 bits per heavy atom. The molecule has 2 heterocycles. The summed E-state index contributed by atoms with van der Waals surface area (Å²) in [5.41, 5.74) is 1.46. The van der Waals surface area contributed by atoms with Crippen LogP contribution in [0.2, 0.25) is 19.6 Å². The van der Waals surface area contributed by atoms with Gasteiger partial charge in [-0.05, 0) is 22.7 Å². The summed E-state index contributed by atoms with van der Waals surface area (Å²) in [6.07, 6.45) is 3.48. The lowest BCUT2D eigenvalue weighted by Gasteiger charge is -2.12. The van der Waals surface area contributed by atoms with Gasteiger partial charge in [-0.3, -0.25) is 10.4 Å². The average molecular weight is 260 g/mol. The number of thiophene rings is 1. The summed E-state index contributed by atoms with van der Waals surface area (Å²) in [5.74, 6) is 0. The highest BCUT2D eigenvalue weighted by molar-refractivity contribution is 7.27. The Morgan fingerprint density at radius 1 is 1.24 bits per heavy atom. The van der Waals surface area contributed by atoms with E-state index in [0.717, 1.165) is 10.4 Å². The van der Waals surface area contributed by atoms with Gasteiger partial charge in [0.05, 0.1) is 18.7 Å². The summed E-state index contributed by atoms with van der Waals surface area (Å²) in [5, 5.41) is 8.17. The first kappa shape index (κ1) is 12.2. The van der Waals surface area contributed by atoms with Crippen LogP contribution in [0.4, 0.5) is 0 Å². The second-order valence-corrected chi connectivity index (χ2v) is 11.5. The standard InChI is InChI=1S/C13H16N2SSi/c1-17(2,3)12-7-6-11(16-12)13(14)10-5-4-8-15-9-10/h4-9,14H,1-3H3. The molecule has 0 bridgehead atoms. The highest BCUT2D eigenvalue weighted by Crippen LogP contribution is 2.16. The molecule has 2 aromatic heterocycles. The van der Waals surface area contributed by atoms with Crippen LogP contribution >= 0.6 is 11.3 Å². The number of hydrogen-bond acceptors (Lipinski definition) is 3. The normalized spacial score (nSPS) is 11.5. The molecule has 4 heteroatoms. The van der Waals surface area contributed by atoms with Crippen molar-refractivity contribution in [2.75, 3.05) is 0 Å². The maximum absolute atomic E-state index is 8.17. The summed E-state index contributed by atoms with van der Waals surface area (Å²) < 4.78 is 1.45. The lowest BCUT2D eigenvalue weighted by molar-refractivity contribution is 1.31. The second kappa shape index (κ2) is 4.54. The zero-order valence-corrected chi connectivity index (χ0v) is 12.1. The fourth-order valence-electron chi connectivity index (χ4n) is 1.53. The minimum absolute atomic E-state index is 0.576. The molecule has 17 heavy (non-hydrogen) atoms. The zero-order valence-electron chi connectivity index (χ0n) is 10.3. The first-order valence-corrected chi connectivity index (χ1v) is 9.90. The van der Waals surface area contributed by atoms with Crippen LogP contribution in [-0.2, 0) is 0 Å². The van der Waals surface area contributed by atoms with Crippen molar-refractivity contribution in [3.05, 3.63) is 47.1 Å². The molecule has 0 atom stereocenters. The average Bonchev–Trinajstić information content (AvgIpc) is 2.78. The lowest BCUT2D eigenvalue weighted by Crippen LogP contribution is -2.34. The SMILES string of the molecule is C[Si](C)(C)c1ccc(C(=N)c2cccnc2)s1. The quantitative estimate of drug-likeness (QED) is 0.668. The predicted molar refractivity (Wildman–Crippen MR) is 77.5 cm³/mol. The van der Waals surface area contributed by atoms with Gasteiger partial charge in [-0.15, -0.1) is 11.3 Å². The molecule has 0 amide bonds. The number of rotatable bonds is 3. The third-order valence-corrected chi connectivity index (χ3v) is 7.25. The summed E-state index contributed by atoms with van der Waals surface area (Å²) in [4.78, 5) is 5.10. The Hall–Kier alpha value is -1.26. The number of nitrogens with zero attached hydrogens (tertiary/aromatic N) is 1. The van der Waals surface area contributed by atoms with E-state index in [2.05, 4.69) is 36.8 Å². The number of aromatic nitrogens is 1. The van der Waals surface area contributed by atoms with Gasteiger partial charge in [-0.25, -0.2) is 0 Å². The molecule has 88 valence electrons. The van der Waals surface area contributed by atoms with Crippen molar-refractivity contribution < 1.29 is 0 Å². The summed E-state index contributed by atoms with van der Waals surface area (Å²) in [6, 6.07) is 8.05. The van der Waals surface area contributed by atoms with Crippen molar-refractivity contribution in [3.8, 4) is 0 Å². The van der Waals surface area contributed by atoms with E-state index in [4.69, 9.17) is 5.41 Å². The fourth-order valence-corrected chi connectivity index (χ4v) is 4.40. The molecule has 0 saturated carbocycles. The van der Waals surface area contributed by atoms with Crippen molar-refractivity contribution in [2.45, 2.75) is 19.6 Å². The molecule has 0 radical (unpaired) electrons. The Morgan fingerprint density at radius 2 is 2.00 bits per heavy atom. The van der Waals surface area contributed by atoms with Gasteiger partial charge in [0.25, 0.3) is 0 Å². The van der Waals surface area contributed by atoms with Crippen LogP contribution in [0.1, 0.15) is 10.4 Å². The third kappa shape index (κ3) is 2.70. The van der Waals surface area contributed by atoms with Crippen molar-refractivity contribution in [1.82, 2.24) is 4.98 Å². The maximum atomic E-state index is 8.17. The van der Waals surface area contributed by atoms with Crippen molar-refractivity contribution >= 4 is 29.6 Å². The fraction of sp³-hybridized carbons (Fsp3) is 0.231. The van der Waals surface area contributed by atoms with Gasteiger partial charge < -0.3 is 0 Å². The van der Waals surface area contributed by atoms with E-state index in [9.17, 15) is 0 Å². The van der Waals surface area contributed by atoms with Crippen LogP contribution in [0.15, 0.2) is 36.7 Å². The summed E-state index contributed by atoms with van der Waals surface area (Å²) in [6.45, 7) is 6.99. The van der Waals surface area contributed by atoms with Crippen LogP contribution in [0.5, 0.6) is 0 Å². The van der Waals surface area contributed by atoms with Gasteiger partial charge in [-0.2, -0.15) is 0 Å². The van der Waals surface area contributed by atoms with E-state index in [1.54, 1.807) is 23.7 Å². The van der Waals surface area contributed by atoms with Gasteiger partial charge in [0.15, 0.2) is 0 Å². The van der Waals surface area contributed by atoms with Crippen molar-refractivity contribution in [2.24, 2.45) is 0 Å². The summed E-state index contributed by atoms with van der Waals surface area (Å²) in [7, 11) is -1.25. The lowest BCUT2D eigenvalue weighted by atomic mass is 10.1. The third-order valence-electron chi connectivity index (χ3n) is 2.54. The van der Waals surface area contributed by atoms with Gasteiger partial charge in [-0.1, -0.05) is 25.7 Å². The Labute approximate surface area is 107 Å². The highest BCUT2D eigenvalue weighted by atomic mass is 32.1. The van der Waals surface area contributed by atoms with Crippen LogP contribution in [-0.4, -0.2) is 18.8 Å². The highest BCUT2D eigenvalue weighted by Gasteiger charge is 2.19.